The van der Waals surface area contributed by atoms with E-state index in [4.69, 9.17) is 0 Å². The Balaban J connectivity index is 1.75. The molecule has 0 heterocycles. The average Bonchev–Trinajstić information content (AvgIpc) is 2.48. The molecular formula is C16H20N2O3. The lowest BCUT2D eigenvalue weighted by Gasteiger charge is -2.12. The molecule has 0 saturated heterocycles. The van der Waals surface area contributed by atoms with Crippen LogP contribution in [-0.4, -0.2) is 23.5 Å². The first kappa shape index (κ1) is 15.1. The monoisotopic (exact) mass is 288 g/mol. The maximum Gasteiger partial charge on any atom is 0.313 e. The molecule has 0 spiro atoms. The lowest BCUT2D eigenvalue weighted by atomic mass is 9.97. The van der Waals surface area contributed by atoms with E-state index in [2.05, 4.69) is 16.7 Å². The van der Waals surface area contributed by atoms with E-state index >= 15 is 0 Å². The smallest absolute Gasteiger partial charge is 0.313 e. The van der Waals surface area contributed by atoms with Gasteiger partial charge in [-0.2, -0.15) is 0 Å². The van der Waals surface area contributed by atoms with Crippen LogP contribution in [0.5, 0.6) is 5.75 Å². The van der Waals surface area contributed by atoms with Gasteiger partial charge < -0.3 is 15.7 Å². The summed E-state index contributed by atoms with van der Waals surface area (Å²) in [5.74, 6) is -1.34. The minimum atomic E-state index is -0.724. The van der Waals surface area contributed by atoms with Crippen LogP contribution in [0.4, 0.5) is 5.69 Å². The Hall–Kier alpha value is -2.30. The summed E-state index contributed by atoms with van der Waals surface area (Å²) in [6, 6.07) is 6.09. The highest BCUT2D eigenvalue weighted by atomic mass is 16.3. The van der Waals surface area contributed by atoms with Crippen molar-refractivity contribution in [3.05, 3.63) is 35.9 Å². The van der Waals surface area contributed by atoms with Gasteiger partial charge in [-0.15, -0.1) is 0 Å². The van der Waals surface area contributed by atoms with Gasteiger partial charge in [0, 0.05) is 18.3 Å². The lowest BCUT2D eigenvalue weighted by molar-refractivity contribution is -0.136. The first-order valence-electron chi connectivity index (χ1n) is 7.21. The number of hydrogen-bond donors (Lipinski definition) is 3. The molecule has 1 aliphatic carbocycles. The fraction of sp³-hybridized carbons (Fsp3) is 0.375. The molecule has 1 aromatic carbocycles. The van der Waals surface area contributed by atoms with Gasteiger partial charge in [0.15, 0.2) is 0 Å². The normalized spacial score (nSPS) is 14.2. The molecule has 21 heavy (non-hydrogen) atoms. The molecule has 112 valence electrons. The van der Waals surface area contributed by atoms with Gasteiger partial charge in [0.05, 0.1) is 0 Å². The van der Waals surface area contributed by atoms with Crippen molar-refractivity contribution in [2.75, 3.05) is 11.9 Å². The van der Waals surface area contributed by atoms with Crippen molar-refractivity contribution in [3.63, 3.8) is 0 Å². The van der Waals surface area contributed by atoms with Crippen molar-refractivity contribution in [2.24, 2.45) is 0 Å². The lowest BCUT2D eigenvalue weighted by Crippen LogP contribution is -2.36. The number of aromatic hydroxyl groups is 1. The molecule has 0 fully saturated rings. The highest BCUT2D eigenvalue weighted by molar-refractivity contribution is 6.39. The van der Waals surface area contributed by atoms with E-state index < -0.39 is 11.8 Å². The summed E-state index contributed by atoms with van der Waals surface area (Å²) in [7, 11) is 0. The van der Waals surface area contributed by atoms with Crippen LogP contribution in [0.2, 0.25) is 0 Å². The van der Waals surface area contributed by atoms with Crippen LogP contribution in [0.25, 0.3) is 0 Å². The molecule has 1 aromatic rings. The van der Waals surface area contributed by atoms with Crippen molar-refractivity contribution < 1.29 is 14.7 Å². The molecule has 0 radical (unpaired) electrons. The number of amides is 2. The fourth-order valence-electron chi connectivity index (χ4n) is 2.32. The average molecular weight is 288 g/mol. The molecule has 5 heteroatoms. The van der Waals surface area contributed by atoms with E-state index in [-0.39, 0.29) is 5.75 Å². The number of nitrogens with one attached hydrogen (secondary N) is 2. The van der Waals surface area contributed by atoms with Gasteiger partial charge >= 0.3 is 11.8 Å². The maximum atomic E-state index is 11.7. The Bertz CT molecular complexity index is 552. The quantitative estimate of drug-likeness (QED) is 0.588. The Labute approximate surface area is 124 Å². The Morgan fingerprint density at radius 1 is 1.19 bits per heavy atom. The van der Waals surface area contributed by atoms with Crippen molar-refractivity contribution >= 4 is 17.5 Å². The second-order valence-electron chi connectivity index (χ2n) is 5.12. The second kappa shape index (κ2) is 7.47. The van der Waals surface area contributed by atoms with Crippen molar-refractivity contribution in [3.8, 4) is 5.75 Å². The van der Waals surface area contributed by atoms with Gasteiger partial charge in [0.2, 0.25) is 0 Å². The van der Waals surface area contributed by atoms with Crippen LogP contribution in [0.15, 0.2) is 35.9 Å². The molecule has 0 saturated carbocycles. The molecule has 3 N–H and O–H groups in total. The van der Waals surface area contributed by atoms with E-state index in [1.807, 2.05) is 0 Å². The van der Waals surface area contributed by atoms with Crippen molar-refractivity contribution in [2.45, 2.75) is 32.1 Å². The predicted molar refractivity (Wildman–Crippen MR) is 80.9 cm³/mol. The van der Waals surface area contributed by atoms with Crippen LogP contribution in [-0.2, 0) is 9.59 Å². The standard InChI is InChI=1S/C16H20N2O3/c19-14-8-4-7-13(11-14)18-16(21)15(20)17-10-9-12-5-2-1-3-6-12/h4-5,7-8,11,19H,1-3,6,9-10H2,(H,17,20)(H,18,21). The molecule has 0 aliphatic heterocycles. The highest BCUT2D eigenvalue weighted by Crippen LogP contribution is 2.19. The third kappa shape index (κ3) is 4.95. The van der Waals surface area contributed by atoms with Crippen molar-refractivity contribution in [1.82, 2.24) is 5.32 Å². The number of carbonyl (C=O) groups excluding carboxylic acids is 2. The number of phenolic OH excluding ortho intramolecular Hbond substituents is 1. The fourth-order valence-corrected chi connectivity index (χ4v) is 2.32. The van der Waals surface area contributed by atoms with Crippen LogP contribution in [0.1, 0.15) is 32.1 Å². The SMILES string of the molecule is O=C(NCCC1=CCCCC1)C(=O)Nc1cccc(O)c1. The van der Waals surface area contributed by atoms with Crippen LogP contribution < -0.4 is 10.6 Å². The third-order valence-corrected chi connectivity index (χ3v) is 3.43. The molecular weight excluding hydrogens is 268 g/mol. The van der Waals surface area contributed by atoms with Gasteiger partial charge in [-0.3, -0.25) is 9.59 Å². The summed E-state index contributed by atoms with van der Waals surface area (Å²) in [5, 5.41) is 14.3. The first-order chi connectivity index (χ1) is 10.1. The predicted octanol–water partition coefficient (Wildman–Crippen LogP) is 2.34. The van der Waals surface area contributed by atoms with Crippen LogP contribution in [0, 0.1) is 0 Å². The molecule has 2 rings (SSSR count). The molecule has 0 unspecified atom stereocenters. The van der Waals surface area contributed by atoms with E-state index in [0.29, 0.717) is 12.2 Å². The van der Waals surface area contributed by atoms with Crippen LogP contribution in [0.3, 0.4) is 0 Å². The first-order valence-corrected chi connectivity index (χ1v) is 7.21. The van der Waals surface area contributed by atoms with Gasteiger partial charge in [0.25, 0.3) is 0 Å². The number of phenols is 1. The summed E-state index contributed by atoms with van der Waals surface area (Å²) < 4.78 is 0. The maximum absolute atomic E-state index is 11.7. The Morgan fingerprint density at radius 2 is 2.05 bits per heavy atom. The zero-order chi connectivity index (χ0) is 15.1. The highest BCUT2D eigenvalue weighted by Gasteiger charge is 2.13. The number of benzene rings is 1. The summed E-state index contributed by atoms with van der Waals surface area (Å²) in [6.45, 7) is 0.470. The molecule has 0 aromatic heterocycles. The largest absolute Gasteiger partial charge is 0.508 e. The third-order valence-electron chi connectivity index (χ3n) is 3.43. The van der Waals surface area contributed by atoms with Crippen LogP contribution >= 0.6 is 0 Å². The molecule has 0 atom stereocenters. The summed E-state index contributed by atoms with van der Waals surface area (Å²) in [5.41, 5.74) is 1.75. The molecule has 0 bridgehead atoms. The summed E-state index contributed by atoms with van der Waals surface area (Å²) >= 11 is 0. The number of allylic oxidation sites excluding steroid dienone is 1. The summed E-state index contributed by atoms with van der Waals surface area (Å²) in [6.07, 6.45) is 7.67. The van der Waals surface area contributed by atoms with E-state index in [1.54, 1.807) is 12.1 Å². The topological polar surface area (TPSA) is 78.4 Å². The molecule has 5 nitrogen and oxygen atoms in total. The van der Waals surface area contributed by atoms with Gasteiger partial charge in [0.1, 0.15) is 5.75 Å². The van der Waals surface area contributed by atoms with Gasteiger partial charge in [-0.1, -0.05) is 17.7 Å². The van der Waals surface area contributed by atoms with Gasteiger partial charge in [-0.05, 0) is 44.2 Å². The number of anilines is 1. The summed E-state index contributed by atoms with van der Waals surface area (Å²) in [4.78, 5) is 23.4. The number of hydrogen-bond acceptors (Lipinski definition) is 3. The second-order valence-corrected chi connectivity index (χ2v) is 5.12. The van der Waals surface area contributed by atoms with E-state index in [1.165, 1.54) is 30.5 Å². The Kier molecular flexibility index (Phi) is 5.37. The molecule has 1 aliphatic rings. The minimum absolute atomic E-state index is 0.0393. The Morgan fingerprint density at radius 3 is 2.76 bits per heavy atom. The zero-order valence-corrected chi connectivity index (χ0v) is 11.9. The zero-order valence-electron chi connectivity index (χ0n) is 11.9. The van der Waals surface area contributed by atoms with E-state index in [9.17, 15) is 14.7 Å². The van der Waals surface area contributed by atoms with Crippen molar-refractivity contribution in [1.29, 1.82) is 0 Å². The van der Waals surface area contributed by atoms with E-state index in [0.717, 1.165) is 19.3 Å². The number of carbonyl (C=O) groups is 2. The number of rotatable bonds is 4. The minimum Gasteiger partial charge on any atom is -0.508 e. The van der Waals surface area contributed by atoms with Gasteiger partial charge in [-0.25, -0.2) is 0 Å². The molecule has 2 amide bonds.